The molecule has 1 atom stereocenters. The summed E-state index contributed by atoms with van der Waals surface area (Å²) in [4.78, 5) is 6.86. The zero-order valence-electron chi connectivity index (χ0n) is 15.4. The van der Waals surface area contributed by atoms with Crippen LogP contribution in [0.5, 0.6) is 0 Å². The van der Waals surface area contributed by atoms with Crippen molar-refractivity contribution in [1.29, 1.82) is 0 Å². The molecule has 1 aliphatic heterocycles. The van der Waals surface area contributed by atoms with Gasteiger partial charge in [-0.2, -0.15) is 4.98 Å². The number of rotatable bonds is 6. The monoisotopic (exact) mass is 363 g/mol. The lowest BCUT2D eigenvalue weighted by atomic mass is 9.87. The molecule has 0 radical (unpaired) electrons. The molecule has 0 unspecified atom stereocenters. The number of hydrogen-bond acceptors (Lipinski definition) is 5. The fraction of sp³-hybridized carbons (Fsp3) is 0.364. The second kappa shape index (κ2) is 8.46. The molecule has 1 saturated heterocycles. The lowest BCUT2D eigenvalue weighted by Crippen LogP contribution is -2.35. The largest absolute Gasteiger partial charge is 0.388 e. The summed E-state index contributed by atoms with van der Waals surface area (Å²) in [5.74, 6) is 1.70. The summed E-state index contributed by atoms with van der Waals surface area (Å²) in [5.41, 5.74) is 2.19. The summed E-state index contributed by atoms with van der Waals surface area (Å²) in [7, 11) is 0. The Kier molecular flexibility index (Phi) is 5.61. The Hall–Kier alpha value is -2.50. The van der Waals surface area contributed by atoms with Crippen LogP contribution in [0.3, 0.4) is 0 Å². The third kappa shape index (κ3) is 4.62. The van der Waals surface area contributed by atoms with Gasteiger partial charge in [-0.1, -0.05) is 65.8 Å². The third-order valence-electron chi connectivity index (χ3n) is 5.29. The van der Waals surface area contributed by atoms with Gasteiger partial charge in [0.25, 0.3) is 0 Å². The van der Waals surface area contributed by atoms with Crippen molar-refractivity contribution in [3.8, 4) is 0 Å². The number of aliphatic hydroxyl groups is 1. The van der Waals surface area contributed by atoms with E-state index < -0.39 is 0 Å². The van der Waals surface area contributed by atoms with E-state index in [1.54, 1.807) is 0 Å². The van der Waals surface area contributed by atoms with E-state index in [9.17, 15) is 5.11 Å². The standard InChI is InChI=1S/C22H25N3O2/c26-22(18-9-5-2-6-10-18)19-11-13-25(14-12-19)16-21-23-20(24-27-21)15-17-7-3-1-4-8-17/h1-10,19,22,26H,11-16H2/t22-/m1/s1. The van der Waals surface area contributed by atoms with E-state index >= 15 is 0 Å². The molecule has 4 rings (SSSR count). The summed E-state index contributed by atoms with van der Waals surface area (Å²) < 4.78 is 5.43. The average molecular weight is 363 g/mol. The molecule has 0 saturated carbocycles. The van der Waals surface area contributed by atoms with Gasteiger partial charge in [0.05, 0.1) is 12.6 Å². The van der Waals surface area contributed by atoms with Crippen LogP contribution >= 0.6 is 0 Å². The second-order valence-corrected chi connectivity index (χ2v) is 7.24. The molecule has 140 valence electrons. The van der Waals surface area contributed by atoms with Gasteiger partial charge in [0.2, 0.25) is 5.89 Å². The van der Waals surface area contributed by atoms with Crippen molar-refractivity contribution >= 4 is 0 Å². The Bertz CT molecular complexity index is 827. The van der Waals surface area contributed by atoms with Crippen molar-refractivity contribution in [3.63, 3.8) is 0 Å². The van der Waals surface area contributed by atoms with E-state index in [1.807, 2.05) is 48.5 Å². The van der Waals surface area contributed by atoms with Crippen LogP contribution in [0.15, 0.2) is 65.2 Å². The molecule has 5 nitrogen and oxygen atoms in total. The Morgan fingerprint density at radius 1 is 1.00 bits per heavy atom. The minimum Gasteiger partial charge on any atom is -0.388 e. The molecule has 2 heterocycles. The first kappa shape index (κ1) is 17.9. The number of likely N-dealkylation sites (tertiary alicyclic amines) is 1. The Morgan fingerprint density at radius 3 is 2.37 bits per heavy atom. The molecule has 0 spiro atoms. The van der Waals surface area contributed by atoms with Gasteiger partial charge in [0.1, 0.15) is 0 Å². The summed E-state index contributed by atoms with van der Waals surface area (Å²) >= 11 is 0. The first-order valence-corrected chi connectivity index (χ1v) is 9.58. The lowest BCUT2D eigenvalue weighted by molar-refractivity contribution is 0.0538. The van der Waals surface area contributed by atoms with E-state index in [1.165, 1.54) is 5.56 Å². The Labute approximate surface area is 159 Å². The van der Waals surface area contributed by atoms with Crippen molar-refractivity contribution in [1.82, 2.24) is 15.0 Å². The zero-order chi connectivity index (χ0) is 18.5. The second-order valence-electron chi connectivity index (χ2n) is 7.24. The number of aromatic nitrogens is 2. The molecule has 3 aromatic rings. The first-order chi connectivity index (χ1) is 13.3. The van der Waals surface area contributed by atoms with Gasteiger partial charge in [-0.3, -0.25) is 4.90 Å². The molecule has 0 aliphatic carbocycles. The summed E-state index contributed by atoms with van der Waals surface area (Å²) in [5, 5.41) is 14.7. The molecule has 1 aliphatic rings. The predicted octanol–water partition coefficient (Wildman–Crippen LogP) is 3.61. The average Bonchev–Trinajstić information content (AvgIpc) is 3.16. The van der Waals surface area contributed by atoms with Gasteiger partial charge in [-0.05, 0) is 43.0 Å². The highest BCUT2D eigenvalue weighted by Crippen LogP contribution is 2.30. The molecule has 0 bridgehead atoms. The highest BCUT2D eigenvalue weighted by atomic mass is 16.5. The molecule has 2 aromatic carbocycles. The molecule has 1 aromatic heterocycles. The minimum absolute atomic E-state index is 0.306. The van der Waals surface area contributed by atoms with Crippen molar-refractivity contribution in [2.24, 2.45) is 5.92 Å². The van der Waals surface area contributed by atoms with Crippen LogP contribution in [0.4, 0.5) is 0 Å². The highest BCUT2D eigenvalue weighted by Gasteiger charge is 2.27. The van der Waals surface area contributed by atoms with E-state index in [0.29, 0.717) is 24.8 Å². The van der Waals surface area contributed by atoms with Crippen LogP contribution in [0.2, 0.25) is 0 Å². The fourth-order valence-electron chi connectivity index (χ4n) is 3.75. The normalized spacial score (nSPS) is 17.1. The maximum atomic E-state index is 10.6. The van der Waals surface area contributed by atoms with Crippen molar-refractivity contribution in [2.75, 3.05) is 13.1 Å². The Morgan fingerprint density at radius 2 is 1.67 bits per heavy atom. The number of hydrogen-bond donors (Lipinski definition) is 1. The molecular weight excluding hydrogens is 338 g/mol. The molecule has 1 fully saturated rings. The first-order valence-electron chi connectivity index (χ1n) is 9.58. The third-order valence-corrected chi connectivity index (χ3v) is 5.29. The van der Waals surface area contributed by atoms with Crippen LogP contribution < -0.4 is 0 Å². The fourth-order valence-corrected chi connectivity index (χ4v) is 3.75. The quantitative estimate of drug-likeness (QED) is 0.725. The highest BCUT2D eigenvalue weighted by molar-refractivity contribution is 5.19. The van der Waals surface area contributed by atoms with Crippen LogP contribution in [0, 0.1) is 5.92 Å². The molecular formula is C22H25N3O2. The van der Waals surface area contributed by atoms with E-state index in [0.717, 1.165) is 37.3 Å². The minimum atomic E-state index is -0.380. The maximum absolute atomic E-state index is 10.6. The van der Waals surface area contributed by atoms with Gasteiger partial charge in [-0.25, -0.2) is 0 Å². The number of nitrogens with zero attached hydrogens (tertiary/aromatic N) is 3. The van der Waals surface area contributed by atoms with Gasteiger partial charge in [-0.15, -0.1) is 0 Å². The van der Waals surface area contributed by atoms with Crippen molar-refractivity contribution < 1.29 is 9.63 Å². The van der Waals surface area contributed by atoms with Crippen LogP contribution in [0.1, 0.15) is 41.8 Å². The molecule has 5 heteroatoms. The summed E-state index contributed by atoms with van der Waals surface area (Å²) in [6, 6.07) is 20.1. The van der Waals surface area contributed by atoms with Gasteiger partial charge in [0, 0.05) is 6.42 Å². The van der Waals surface area contributed by atoms with E-state index in [4.69, 9.17) is 4.52 Å². The molecule has 1 N–H and O–H groups in total. The van der Waals surface area contributed by atoms with Gasteiger partial charge in [0.15, 0.2) is 5.82 Å². The van der Waals surface area contributed by atoms with E-state index in [2.05, 4.69) is 27.2 Å². The van der Waals surface area contributed by atoms with Crippen LogP contribution in [-0.2, 0) is 13.0 Å². The van der Waals surface area contributed by atoms with Crippen molar-refractivity contribution in [3.05, 3.63) is 83.5 Å². The van der Waals surface area contributed by atoms with Gasteiger partial charge < -0.3 is 9.63 Å². The lowest BCUT2D eigenvalue weighted by Gasteiger charge is -2.33. The SMILES string of the molecule is O[C@H](c1ccccc1)C1CCN(Cc2nc(Cc3ccccc3)no2)CC1. The smallest absolute Gasteiger partial charge is 0.240 e. The van der Waals surface area contributed by atoms with Crippen molar-refractivity contribution in [2.45, 2.75) is 31.9 Å². The predicted molar refractivity (Wildman–Crippen MR) is 103 cm³/mol. The van der Waals surface area contributed by atoms with Gasteiger partial charge >= 0.3 is 0 Å². The number of piperidine rings is 1. The summed E-state index contributed by atoms with van der Waals surface area (Å²) in [6.45, 7) is 2.55. The zero-order valence-corrected chi connectivity index (χ0v) is 15.4. The van der Waals surface area contributed by atoms with Crippen LogP contribution in [0.25, 0.3) is 0 Å². The Balaban J connectivity index is 1.28. The topological polar surface area (TPSA) is 62.4 Å². The molecule has 27 heavy (non-hydrogen) atoms. The maximum Gasteiger partial charge on any atom is 0.240 e. The van der Waals surface area contributed by atoms with E-state index in [-0.39, 0.29) is 6.10 Å². The number of aliphatic hydroxyl groups excluding tert-OH is 1. The molecule has 0 amide bonds. The number of benzene rings is 2. The summed E-state index contributed by atoms with van der Waals surface area (Å²) in [6.07, 6.45) is 2.26. The van der Waals surface area contributed by atoms with Crippen LogP contribution in [-0.4, -0.2) is 33.2 Å².